The number of pyridine rings is 1. The van der Waals surface area contributed by atoms with Crippen LogP contribution in [0.3, 0.4) is 0 Å². The van der Waals surface area contributed by atoms with Gasteiger partial charge in [0.2, 0.25) is 0 Å². The quantitative estimate of drug-likeness (QED) is 0.538. The molecule has 0 saturated heterocycles. The van der Waals surface area contributed by atoms with Crippen LogP contribution < -0.4 is 15.4 Å². The number of nitrogens with zero attached hydrogens (tertiary/aromatic N) is 1. The third-order valence-corrected chi connectivity index (χ3v) is 4.54. The molecule has 0 fully saturated rings. The SMILES string of the molecule is COc1ccc(C(=O)NC(=S)Nc2ccc(I)c(C)n2)cc1Cl. The van der Waals surface area contributed by atoms with Crippen molar-refractivity contribution in [2.45, 2.75) is 6.92 Å². The van der Waals surface area contributed by atoms with Crippen LogP contribution in [0.15, 0.2) is 30.3 Å². The van der Waals surface area contributed by atoms with Crippen molar-refractivity contribution in [2.75, 3.05) is 12.4 Å². The van der Waals surface area contributed by atoms with E-state index in [9.17, 15) is 4.79 Å². The Hall–Kier alpha value is -1.45. The van der Waals surface area contributed by atoms with Gasteiger partial charge in [0.15, 0.2) is 5.11 Å². The van der Waals surface area contributed by atoms with Gasteiger partial charge in [-0.25, -0.2) is 4.98 Å². The number of thiocarbonyl (C=S) groups is 1. The molecule has 0 spiro atoms. The lowest BCUT2D eigenvalue weighted by Crippen LogP contribution is -2.34. The molecular weight excluding hydrogens is 449 g/mol. The first-order chi connectivity index (χ1) is 10.9. The monoisotopic (exact) mass is 461 g/mol. The van der Waals surface area contributed by atoms with E-state index in [-0.39, 0.29) is 11.0 Å². The molecule has 0 atom stereocenters. The fourth-order valence-electron chi connectivity index (χ4n) is 1.74. The van der Waals surface area contributed by atoms with Crippen LogP contribution in [-0.4, -0.2) is 23.1 Å². The molecule has 2 aromatic rings. The highest BCUT2D eigenvalue weighted by Crippen LogP contribution is 2.24. The average molecular weight is 462 g/mol. The van der Waals surface area contributed by atoms with Crippen molar-refractivity contribution >= 4 is 63.2 Å². The Morgan fingerprint density at radius 1 is 1.35 bits per heavy atom. The zero-order valence-electron chi connectivity index (χ0n) is 12.3. The Bertz CT molecular complexity index is 770. The maximum atomic E-state index is 12.2. The summed E-state index contributed by atoms with van der Waals surface area (Å²) in [5.74, 6) is 0.706. The fraction of sp³-hybridized carbons (Fsp3) is 0.133. The minimum Gasteiger partial charge on any atom is -0.495 e. The van der Waals surface area contributed by atoms with Crippen molar-refractivity contribution in [3.05, 3.63) is 50.2 Å². The lowest BCUT2D eigenvalue weighted by molar-refractivity contribution is 0.0977. The molecule has 5 nitrogen and oxygen atoms in total. The molecule has 2 rings (SSSR count). The summed E-state index contributed by atoms with van der Waals surface area (Å²) in [5.41, 5.74) is 1.26. The lowest BCUT2D eigenvalue weighted by atomic mass is 10.2. The van der Waals surface area contributed by atoms with Crippen LogP contribution in [0.2, 0.25) is 5.02 Å². The molecule has 1 heterocycles. The van der Waals surface area contributed by atoms with Crippen LogP contribution >= 0.6 is 46.4 Å². The molecule has 120 valence electrons. The van der Waals surface area contributed by atoms with Gasteiger partial charge in [-0.15, -0.1) is 0 Å². The summed E-state index contributed by atoms with van der Waals surface area (Å²) in [6, 6.07) is 8.45. The van der Waals surface area contributed by atoms with E-state index >= 15 is 0 Å². The Morgan fingerprint density at radius 2 is 2.09 bits per heavy atom. The van der Waals surface area contributed by atoms with Gasteiger partial charge in [-0.2, -0.15) is 0 Å². The zero-order chi connectivity index (χ0) is 17.0. The fourth-order valence-corrected chi connectivity index (χ4v) is 2.50. The van der Waals surface area contributed by atoms with Gasteiger partial charge >= 0.3 is 0 Å². The smallest absolute Gasteiger partial charge is 0.257 e. The molecule has 0 aliphatic heterocycles. The van der Waals surface area contributed by atoms with Gasteiger partial charge in [-0.3, -0.25) is 10.1 Å². The van der Waals surface area contributed by atoms with Crippen molar-refractivity contribution < 1.29 is 9.53 Å². The van der Waals surface area contributed by atoms with Crippen molar-refractivity contribution in [2.24, 2.45) is 0 Å². The van der Waals surface area contributed by atoms with Gasteiger partial charge in [-0.05, 0) is 72.1 Å². The largest absolute Gasteiger partial charge is 0.495 e. The number of methoxy groups -OCH3 is 1. The summed E-state index contributed by atoms with van der Waals surface area (Å²) >= 11 is 13.3. The van der Waals surface area contributed by atoms with Gasteiger partial charge in [0, 0.05) is 9.13 Å². The minimum atomic E-state index is -0.366. The first-order valence-electron chi connectivity index (χ1n) is 6.49. The predicted molar refractivity (Wildman–Crippen MR) is 103 cm³/mol. The number of halogens is 2. The number of rotatable bonds is 3. The number of carbonyl (C=O) groups is 1. The van der Waals surface area contributed by atoms with Gasteiger partial charge in [-0.1, -0.05) is 11.6 Å². The number of ether oxygens (including phenoxy) is 1. The second-order valence-corrected chi connectivity index (χ2v) is 6.50. The summed E-state index contributed by atoms with van der Waals surface area (Å²) in [6.45, 7) is 1.90. The molecule has 1 amide bonds. The number of hydrogen-bond donors (Lipinski definition) is 2. The average Bonchev–Trinajstić information content (AvgIpc) is 2.50. The third-order valence-electron chi connectivity index (χ3n) is 2.90. The summed E-state index contributed by atoms with van der Waals surface area (Å²) in [6.07, 6.45) is 0. The van der Waals surface area contributed by atoms with Crippen LogP contribution in [0.25, 0.3) is 0 Å². The number of carbonyl (C=O) groups excluding carboxylic acids is 1. The van der Waals surface area contributed by atoms with Gasteiger partial charge in [0.05, 0.1) is 17.8 Å². The first-order valence-corrected chi connectivity index (χ1v) is 8.36. The number of amides is 1. The molecule has 0 aliphatic carbocycles. The van der Waals surface area contributed by atoms with Crippen LogP contribution in [0.1, 0.15) is 16.1 Å². The molecule has 23 heavy (non-hydrogen) atoms. The highest BCUT2D eigenvalue weighted by atomic mass is 127. The summed E-state index contributed by atoms with van der Waals surface area (Å²) in [5, 5.41) is 5.98. The van der Waals surface area contributed by atoms with E-state index in [1.165, 1.54) is 13.2 Å². The van der Waals surface area contributed by atoms with E-state index in [1.807, 2.05) is 13.0 Å². The number of nitrogens with one attached hydrogen (secondary N) is 2. The number of benzene rings is 1. The summed E-state index contributed by atoms with van der Waals surface area (Å²) in [4.78, 5) is 16.5. The van der Waals surface area contributed by atoms with Gasteiger partial charge < -0.3 is 10.1 Å². The van der Waals surface area contributed by atoms with E-state index in [4.69, 9.17) is 28.6 Å². The minimum absolute atomic E-state index is 0.162. The molecule has 0 unspecified atom stereocenters. The molecule has 0 saturated carbocycles. The second kappa shape index (κ2) is 7.89. The molecule has 8 heteroatoms. The van der Waals surface area contributed by atoms with E-state index in [1.54, 1.807) is 18.2 Å². The maximum absolute atomic E-state index is 12.2. The first kappa shape index (κ1) is 17.9. The number of aryl methyl sites for hydroxylation is 1. The molecule has 2 N–H and O–H groups in total. The van der Waals surface area contributed by atoms with Crippen LogP contribution in [0, 0.1) is 10.5 Å². The zero-order valence-corrected chi connectivity index (χ0v) is 16.0. The molecule has 0 aliphatic rings. The maximum Gasteiger partial charge on any atom is 0.257 e. The standard InChI is InChI=1S/C15H13ClIN3O2S/c1-8-11(17)4-6-13(18-8)19-15(23)20-14(21)9-3-5-12(22-2)10(16)7-9/h3-7H,1-2H3,(H2,18,19,20,21,23). The van der Waals surface area contributed by atoms with Gasteiger partial charge in [0.1, 0.15) is 11.6 Å². The van der Waals surface area contributed by atoms with Crippen LogP contribution in [0.5, 0.6) is 5.75 Å². The molecular formula is C15H13ClIN3O2S. The molecule has 1 aromatic heterocycles. The Balaban J connectivity index is 2.03. The van der Waals surface area contributed by atoms with Crippen molar-refractivity contribution in [3.8, 4) is 5.75 Å². The van der Waals surface area contributed by atoms with Crippen molar-refractivity contribution in [1.29, 1.82) is 0 Å². The van der Waals surface area contributed by atoms with Crippen molar-refractivity contribution in [1.82, 2.24) is 10.3 Å². The van der Waals surface area contributed by atoms with Crippen LogP contribution in [-0.2, 0) is 0 Å². The Labute approximate surface area is 157 Å². The van der Waals surface area contributed by atoms with E-state index in [2.05, 4.69) is 38.2 Å². The second-order valence-electron chi connectivity index (χ2n) is 4.52. The number of aromatic nitrogens is 1. The summed E-state index contributed by atoms with van der Waals surface area (Å²) < 4.78 is 6.10. The number of anilines is 1. The van der Waals surface area contributed by atoms with E-state index < -0.39 is 0 Å². The lowest BCUT2D eigenvalue weighted by Gasteiger charge is -2.10. The van der Waals surface area contributed by atoms with Crippen molar-refractivity contribution in [3.63, 3.8) is 0 Å². The third kappa shape index (κ3) is 4.76. The molecule has 0 radical (unpaired) electrons. The van der Waals surface area contributed by atoms with Crippen LogP contribution in [0.4, 0.5) is 5.82 Å². The molecule has 1 aromatic carbocycles. The predicted octanol–water partition coefficient (Wildman–Crippen LogP) is 3.78. The highest BCUT2D eigenvalue weighted by Gasteiger charge is 2.11. The van der Waals surface area contributed by atoms with E-state index in [0.29, 0.717) is 22.2 Å². The summed E-state index contributed by atoms with van der Waals surface area (Å²) in [7, 11) is 1.51. The van der Waals surface area contributed by atoms with Gasteiger partial charge in [0.25, 0.3) is 5.91 Å². The number of hydrogen-bond acceptors (Lipinski definition) is 4. The normalized spacial score (nSPS) is 10.1. The highest BCUT2D eigenvalue weighted by molar-refractivity contribution is 14.1. The topological polar surface area (TPSA) is 63.2 Å². The Morgan fingerprint density at radius 3 is 2.70 bits per heavy atom. The Kier molecular flexibility index (Phi) is 6.14. The van der Waals surface area contributed by atoms with E-state index in [0.717, 1.165) is 9.26 Å². The molecule has 0 bridgehead atoms.